The minimum Gasteiger partial charge on any atom is -0.267 e. The van der Waals surface area contributed by atoms with Crippen molar-refractivity contribution in [1.82, 2.24) is 5.43 Å². The third-order valence-electron chi connectivity index (χ3n) is 1.58. The van der Waals surface area contributed by atoms with Crippen molar-refractivity contribution in [3.8, 4) is 0 Å². The molecule has 0 fully saturated rings. The number of rotatable bonds is 3. The minimum atomic E-state index is -0.227. The molecule has 0 saturated carbocycles. The van der Waals surface area contributed by atoms with Crippen molar-refractivity contribution in [2.24, 2.45) is 5.10 Å². The summed E-state index contributed by atoms with van der Waals surface area (Å²) in [6.45, 7) is 1.75. The van der Waals surface area contributed by atoms with Crippen LogP contribution in [0.3, 0.4) is 0 Å². The molecular formula is C10H11ClN2O. The smallest absolute Gasteiger partial charge is 0.267 e. The molecular weight excluding hydrogens is 200 g/mol. The van der Waals surface area contributed by atoms with Crippen molar-refractivity contribution in [3.63, 3.8) is 0 Å². The molecule has 1 aromatic carbocycles. The third kappa shape index (κ3) is 3.18. The van der Waals surface area contributed by atoms with Gasteiger partial charge in [0.15, 0.2) is 0 Å². The summed E-state index contributed by atoms with van der Waals surface area (Å²) in [6.07, 6.45) is 0. The number of nitrogens with one attached hydrogen (secondary N) is 1. The van der Waals surface area contributed by atoms with E-state index < -0.39 is 0 Å². The molecule has 74 valence electrons. The first-order chi connectivity index (χ1) is 6.74. The molecule has 0 saturated heterocycles. The molecule has 0 aliphatic rings. The Balaban J connectivity index is 2.60. The summed E-state index contributed by atoms with van der Waals surface area (Å²) in [5.74, 6) is 0.0878. The van der Waals surface area contributed by atoms with E-state index in [1.54, 1.807) is 31.2 Å². The highest BCUT2D eigenvalue weighted by atomic mass is 35.5. The fourth-order valence-electron chi connectivity index (χ4n) is 0.830. The molecule has 0 radical (unpaired) electrons. The van der Waals surface area contributed by atoms with Crippen molar-refractivity contribution < 1.29 is 4.79 Å². The van der Waals surface area contributed by atoms with E-state index in [-0.39, 0.29) is 5.91 Å². The van der Waals surface area contributed by atoms with Gasteiger partial charge in [-0.3, -0.25) is 4.79 Å². The molecule has 0 aromatic heterocycles. The van der Waals surface area contributed by atoms with Crippen LogP contribution >= 0.6 is 11.6 Å². The molecule has 0 aliphatic heterocycles. The van der Waals surface area contributed by atoms with Crippen LogP contribution in [0.5, 0.6) is 0 Å². The van der Waals surface area contributed by atoms with Crippen molar-refractivity contribution in [3.05, 3.63) is 35.9 Å². The molecule has 1 N–H and O–H groups in total. The fraction of sp³-hybridized carbons (Fsp3) is 0.200. The lowest BCUT2D eigenvalue weighted by atomic mass is 10.2. The van der Waals surface area contributed by atoms with Crippen molar-refractivity contribution in [2.75, 3.05) is 5.88 Å². The summed E-state index contributed by atoms with van der Waals surface area (Å²) in [7, 11) is 0. The minimum absolute atomic E-state index is 0.227. The van der Waals surface area contributed by atoms with Gasteiger partial charge >= 0.3 is 0 Å². The van der Waals surface area contributed by atoms with E-state index in [1.165, 1.54) is 0 Å². The maximum Gasteiger partial charge on any atom is 0.271 e. The Morgan fingerprint density at radius 2 is 2.07 bits per heavy atom. The number of alkyl halides is 1. The van der Waals surface area contributed by atoms with E-state index in [4.69, 9.17) is 11.6 Å². The highest BCUT2D eigenvalue weighted by molar-refractivity contribution is 6.28. The Kier molecular flexibility index (Phi) is 4.13. The lowest BCUT2D eigenvalue weighted by Gasteiger charge is -1.99. The highest BCUT2D eigenvalue weighted by Crippen LogP contribution is 1.97. The second kappa shape index (κ2) is 5.40. The number of nitrogens with zero attached hydrogens (tertiary/aromatic N) is 1. The molecule has 0 heterocycles. The van der Waals surface area contributed by atoms with Gasteiger partial charge in [0.1, 0.15) is 0 Å². The van der Waals surface area contributed by atoms with E-state index in [0.717, 1.165) is 0 Å². The van der Waals surface area contributed by atoms with Crippen LogP contribution in [0.15, 0.2) is 35.4 Å². The summed E-state index contributed by atoms with van der Waals surface area (Å²) in [5, 5.41) is 3.80. The van der Waals surface area contributed by atoms with E-state index in [2.05, 4.69) is 10.5 Å². The Hall–Kier alpha value is -1.35. The maximum absolute atomic E-state index is 11.4. The van der Waals surface area contributed by atoms with Gasteiger partial charge in [-0.25, -0.2) is 5.43 Å². The van der Waals surface area contributed by atoms with Gasteiger partial charge in [0.2, 0.25) is 0 Å². The Labute approximate surface area is 87.8 Å². The molecule has 0 bridgehead atoms. The summed E-state index contributed by atoms with van der Waals surface area (Å²) in [5.41, 5.74) is 3.67. The Morgan fingerprint density at radius 1 is 1.43 bits per heavy atom. The van der Waals surface area contributed by atoms with E-state index in [1.807, 2.05) is 6.07 Å². The molecule has 1 amide bonds. The van der Waals surface area contributed by atoms with Gasteiger partial charge in [0.05, 0.1) is 5.88 Å². The summed E-state index contributed by atoms with van der Waals surface area (Å²) >= 11 is 5.50. The van der Waals surface area contributed by atoms with Crippen LogP contribution in [-0.2, 0) is 0 Å². The lowest BCUT2D eigenvalue weighted by Crippen LogP contribution is -2.19. The zero-order valence-corrected chi connectivity index (χ0v) is 8.58. The number of halogens is 1. The van der Waals surface area contributed by atoms with Gasteiger partial charge in [0, 0.05) is 11.3 Å². The van der Waals surface area contributed by atoms with Crippen molar-refractivity contribution >= 4 is 23.2 Å². The zero-order valence-electron chi connectivity index (χ0n) is 7.83. The van der Waals surface area contributed by atoms with Crippen LogP contribution in [0.1, 0.15) is 17.3 Å². The molecule has 0 atom stereocenters. The van der Waals surface area contributed by atoms with Crippen molar-refractivity contribution in [1.29, 1.82) is 0 Å². The number of carbonyl (C=O) groups is 1. The van der Waals surface area contributed by atoms with Crippen LogP contribution in [0.2, 0.25) is 0 Å². The van der Waals surface area contributed by atoms with Crippen LogP contribution in [0, 0.1) is 0 Å². The van der Waals surface area contributed by atoms with Crippen LogP contribution in [-0.4, -0.2) is 17.5 Å². The summed E-state index contributed by atoms with van der Waals surface area (Å²) < 4.78 is 0. The van der Waals surface area contributed by atoms with Crippen LogP contribution < -0.4 is 5.43 Å². The molecule has 4 heteroatoms. The molecule has 0 aliphatic carbocycles. The van der Waals surface area contributed by atoms with Crippen LogP contribution in [0.25, 0.3) is 0 Å². The number of carbonyl (C=O) groups excluding carboxylic acids is 1. The average molecular weight is 211 g/mol. The summed E-state index contributed by atoms with van der Waals surface area (Å²) in [6, 6.07) is 8.89. The first-order valence-corrected chi connectivity index (χ1v) is 4.72. The second-order valence-corrected chi connectivity index (χ2v) is 3.05. The Morgan fingerprint density at radius 3 is 2.64 bits per heavy atom. The van der Waals surface area contributed by atoms with Gasteiger partial charge in [-0.1, -0.05) is 18.2 Å². The third-order valence-corrected chi connectivity index (χ3v) is 1.96. The zero-order chi connectivity index (χ0) is 10.4. The van der Waals surface area contributed by atoms with Gasteiger partial charge in [-0.05, 0) is 19.1 Å². The Bertz CT molecular complexity index is 335. The standard InChI is InChI=1S/C10H11ClN2O/c1-8(7-11)12-13-10(14)9-5-3-2-4-6-9/h2-6H,7H2,1H3,(H,13,14)/b12-8+. The van der Waals surface area contributed by atoms with Gasteiger partial charge in [-0.2, -0.15) is 5.10 Å². The maximum atomic E-state index is 11.4. The lowest BCUT2D eigenvalue weighted by molar-refractivity contribution is 0.0955. The summed E-state index contributed by atoms with van der Waals surface area (Å²) in [4.78, 5) is 11.4. The van der Waals surface area contributed by atoms with Crippen molar-refractivity contribution in [2.45, 2.75) is 6.92 Å². The number of benzene rings is 1. The molecule has 3 nitrogen and oxygen atoms in total. The second-order valence-electron chi connectivity index (χ2n) is 2.79. The highest BCUT2D eigenvalue weighted by Gasteiger charge is 2.01. The molecule has 0 unspecified atom stereocenters. The monoisotopic (exact) mass is 210 g/mol. The average Bonchev–Trinajstić information content (AvgIpc) is 2.26. The number of amides is 1. The SMILES string of the molecule is C/C(CCl)=N\NC(=O)c1ccccc1. The number of hydrogen-bond donors (Lipinski definition) is 1. The van der Waals surface area contributed by atoms with E-state index in [0.29, 0.717) is 17.2 Å². The fourth-order valence-corrected chi connectivity index (χ4v) is 0.890. The number of hydrogen-bond acceptors (Lipinski definition) is 2. The molecule has 1 aromatic rings. The van der Waals surface area contributed by atoms with Gasteiger partial charge in [0.25, 0.3) is 5.91 Å². The quantitative estimate of drug-likeness (QED) is 0.463. The molecule has 1 rings (SSSR count). The van der Waals surface area contributed by atoms with E-state index >= 15 is 0 Å². The molecule has 14 heavy (non-hydrogen) atoms. The predicted octanol–water partition coefficient (Wildman–Crippen LogP) is 2.03. The first kappa shape index (κ1) is 10.7. The molecule has 0 spiro atoms. The van der Waals surface area contributed by atoms with E-state index in [9.17, 15) is 4.79 Å². The normalized spacial score (nSPS) is 11.1. The topological polar surface area (TPSA) is 41.5 Å². The first-order valence-electron chi connectivity index (χ1n) is 4.18. The number of hydrazone groups is 1. The van der Waals surface area contributed by atoms with Gasteiger partial charge < -0.3 is 0 Å². The van der Waals surface area contributed by atoms with Gasteiger partial charge in [-0.15, -0.1) is 11.6 Å². The predicted molar refractivity (Wildman–Crippen MR) is 57.7 cm³/mol. The van der Waals surface area contributed by atoms with Crippen LogP contribution in [0.4, 0.5) is 0 Å². The largest absolute Gasteiger partial charge is 0.271 e.